The lowest BCUT2D eigenvalue weighted by molar-refractivity contribution is -0.117. The molecule has 0 saturated heterocycles. The zero-order valence-electron chi connectivity index (χ0n) is 15.1. The van der Waals surface area contributed by atoms with Crippen molar-refractivity contribution >= 4 is 39.2 Å². The Kier molecular flexibility index (Phi) is 6.12. The van der Waals surface area contributed by atoms with Crippen LogP contribution in [-0.2, 0) is 11.3 Å². The lowest BCUT2D eigenvalue weighted by atomic mass is 10.1. The van der Waals surface area contributed by atoms with Crippen LogP contribution in [0.4, 0.5) is 0 Å². The second-order valence-corrected chi connectivity index (χ2v) is 8.28. The predicted molar refractivity (Wildman–Crippen MR) is 112 cm³/mol. The third kappa shape index (κ3) is 4.34. The van der Waals surface area contributed by atoms with Crippen LogP contribution < -0.4 is 4.80 Å². The van der Waals surface area contributed by atoms with Gasteiger partial charge in [0.25, 0.3) is 0 Å². The van der Waals surface area contributed by atoms with Gasteiger partial charge in [0, 0.05) is 23.6 Å². The Hall–Kier alpha value is -2.11. The van der Waals surface area contributed by atoms with Crippen LogP contribution in [0.2, 0.25) is 0 Å². The first kappa shape index (κ1) is 18.7. The summed E-state index contributed by atoms with van der Waals surface area (Å²) in [6.45, 7) is 8.68. The summed E-state index contributed by atoms with van der Waals surface area (Å²) in [5, 5.41) is 0. The number of amides is 1. The van der Waals surface area contributed by atoms with Crippen molar-refractivity contribution in [1.82, 2.24) is 4.57 Å². The van der Waals surface area contributed by atoms with Gasteiger partial charge in [-0.1, -0.05) is 41.7 Å². The molecule has 0 aliphatic rings. The molecule has 0 bridgehead atoms. The van der Waals surface area contributed by atoms with Crippen molar-refractivity contribution in [3.05, 3.63) is 71.0 Å². The lowest BCUT2D eigenvalue weighted by Gasteiger charge is -2.03. The third-order valence-corrected chi connectivity index (χ3v) is 6.22. The van der Waals surface area contributed by atoms with E-state index in [1.165, 1.54) is 20.7 Å². The Morgan fingerprint density at radius 2 is 2.04 bits per heavy atom. The van der Waals surface area contributed by atoms with Crippen LogP contribution in [0.25, 0.3) is 10.2 Å². The highest BCUT2D eigenvalue weighted by molar-refractivity contribution is 7.99. The Labute approximate surface area is 162 Å². The summed E-state index contributed by atoms with van der Waals surface area (Å²) in [6, 6.07) is 14.4. The van der Waals surface area contributed by atoms with Crippen molar-refractivity contribution in [2.75, 3.05) is 5.75 Å². The van der Waals surface area contributed by atoms with Crippen LogP contribution in [0.3, 0.4) is 0 Å². The molecule has 3 nitrogen and oxygen atoms in total. The highest BCUT2D eigenvalue weighted by Crippen LogP contribution is 2.23. The fourth-order valence-electron chi connectivity index (χ4n) is 2.84. The summed E-state index contributed by atoms with van der Waals surface area (Å²) >= 11 is 3.26. The van der Waals surface area contributed by atoms with Gasteiger partial charge in [0.1, 0.15) is 0 Å². The molecule has 0 radical (unpaired) electrons. The largest absolute Gasteiger partial charge is 0.312 e. The molecule has 1 aromatic heterocycles. The number of thiazole rings is 1. The van der Waals surface area contributed by atoms with Crippen LogP contribution in [-0.4, -0.2) is 16.2 Å². The van der Waals surface area contributed by atoms with Gasteiger partial charge in [-0.2, -0.15) is 4.99 Å². The van der Waals surface area contributed by atoms with Crippen LogP contribution in [0.1, 0.15) is 17.5 Å². The van der Waals surface area contributed by atoms with Crippen LogP contribution in [0.5, 0.6) is 0 Å². The van der Waals surface area contributed by atoms with Crippen molar-refractivity contribution in [2.24, 2.45) is 4.99 Å². The molecule has 1 amide bonds. The molecule has 1 heterocycles. The summed E-state index contributed by atoms with van der Waals surface area (Å²) < 4.78 is 3.26. The maximum Gasteiger partial charge on any atom is 0.249 e. The first-order chi connectivity index (χ1) is 12.6. The predicted octanol–water partition coefficient (Wildman–Crippen LogP) is 5.12. The summed E-state index contributed by atoms with van der Waals surface area (Å²) in [5.41, 5.74) is 3.55. The monoisotopic (exact) mass is 382 g/mol. The normalized spacial score (nSPS) is 11.8. The number of aromatic nitrogens is 1. The van der Waals surface area contributed by atoms with Crippen molar-refractivity contribution < 1.29 is 4.79 Å². The second kappa shape index (κ2) is 8.52. The number of carbonyl (C=O) groups is 1. The maximum atomic E-state index is 12.4. The first-order valence-electron chi connectivity index (χ1n) is 8.55. The second-order valence-electron chi connectivity index (χ2n) is 6.13. The molecule has 0 aliphatic carbocycles. The minimum atomic E-state index is -0.0767. The van der Waals surface area contributed by atoms with E-state index in [4.69, 9.17) is 0 Å². The lowest BCUT2D eigenvalue weighted by Crippen LogP contribution is -2.16. The molecule has 0 fully saturated rings. The van der Waals surface area contributed by atoms with Gasteiger partial charge in [0.05, 0.1) is 10.2 Å². The molecule has 5 heteroatoms. The number of thioether (sulfide) groups is 1. The maximum absolute atomic E-state index is 12.4. The Balaban J connectivity index is 1.83. The van der Waals surface area contributed by atoms with Gasteiger partial charge < -0.3 is 4.57 Å². The van der Waals surface area contributed by atoms with Gasteiger partial charge in [-0.15, -0.1) is 18.3 Å². The molecule has 0 spiro atoms. The Bertz CT molecular complexity index is 1000. The number of carbonyl (C=O) groups excluding carboxylic acids is 1. The third-order valence-electron chi connectivity index (χ3n) is 3.97. The smallest absolute Gasteiger partial charge is 0.249 e. The zero-order valence-corrected chi connectivity index (χ0v) is 16.7. The number of benzene rings is 2. The van der Waals surface area contributed by atoms with Crippen LogP contribution in [0, 0.1) is 13.8 Å². The summed E-state index contributed by atoms with van der Waals surface area (Å²) in [5.74, 6) is 0.656. The van der Waals surface area contributed by atoms with Gasteiger partial charge in [-0.25, -0.2) is 0 Å². The molecule has 2 aromatic carbocycles. The van der Waals surface area contributed by atoms with Crippen molar-refractivity contribution in [1.29, 1.82) is 0 Å². The average Bonchev–Trinajstić information content (AvgIpc) is 2.94. The van der Waals surface area contributed by atoms with Crippen molar-refractivity contribution in [3.63, 3.8) is 0 Å². The van der Waals surface area contributed by atoms with Gasteiger partial charge in [0.15, 0.2) is 4.80 Å². The fraction of sp³-hybridized carbons (Fsp3) is 0.238. The highest BCUT2D eigenvalue weighted by atomic mass is 32.2. The quantitative estimate of drug-likeness (QED) is 0.438. The van der Waals surface area contributed by atoms with E-state index < -0.39 is 0 Å². The molecule has 0 unspecified atom stereocenters. The van der Waals surface area contributed by atoms with E-state index in [1.807, 2.05) is 24.3 Å². The molecule has 26 heavy (non-hydrogen) atoms. The number of rotatable bonds is 6. The molecule has 0 N–H and O–H groups in total. The van der Waals surface area contributed by atoms with Gasteiger partial charge in [-0.05, 0) is 43.2 Å². The average molecular weight is 383 g/mol. The zero-order chi connectivity index (χ0) is 18.5. The molecule has 134 valence electrons. The summed E-state index contributed by atoms with van der Waals surface area (Å²) in [7, 11) is 0. The number of nitrogens with zero attached hydrogens (tertiary/aromatic N) is 2. The van der Waals surface area contributed by atoms with E-state index in [2.05, 4.69) is 54.3 Å². The topological polar surface area (TPSA) is 34.4 Å². The molecule has 0 saturated carbocycles. The molecule has 3 rings (SSSR count). The van der Waals surface area contributed by atoms with Crippen LogP contribution in [0.15, 0.2) is 65.0 Å². The number of fused-ring (bicyclic) bond motifs is 1. The molecular weight excluding hydrogens is 360 g/mol. The standard InChI is InChI=1S/C21H22N2OS2/c1-4-11-23-18-14-15(2)13-16(3)20(18)26-21(23)22-19(24)10-12-25-17-8-6-5-7-9-17/h4-9,13-14H,1,10-12H2,2-3H3. The van der Waals surface area contributed by atoms with E-state index in [0.717, 1.165) is 16.1 Å². The van der Waals surface area contributed by atoms with E-state index in [0.29, 0.717) is 13.0 Å². The van der Waals surface area contributed by atoms with Crippen molar-refractivity contribution in [2.45, 2.75) is 31.7 Å². The number of aryl methyl sites for hydroxylation is 2. The van der Waals surface area contributed by atoms with Gasteiger partial charge in [-0.3, -0.25) is 4.79 Å². The highest BCUT2D eigenvalue weighted by Gasteiger charge is 2.10. The SMILES string of the molecule is C=CCn1c(=NC(=O)CCSc2ccccc2)sc2c(C)cc(C)cc21. The number of hydrogen-bond donors (Lipinski definition) is 0. The van der Waals surface area contributed by atoms with E-state index >= 15 is 0 Å². The fourth-order valence-corrected chi connectivity index (χ4v) is 4.81. The van der Waals surface area contributed by atoms with E-state index in [1.54, 1.807) is 23.1 Å². The molecule has 3 aromatic rings. The molecular formula is C21H22N2OS2. The Morgan fingerprint density at radius 3 is 2.77 bits per heavy atom. The summed E-state index contributed by atoms with van der Waals surface area (Å²) in [6.07, 6.45) is 2.28. The van der Waals surface area contributed by atoms with Gasteiger partial charge >= 0.3 is 0 Å². The van der Waals surface area contributed by atoms with Crippen molar-refractivity contribution in [3.8, 4) is 0 Å². The number of hydrogen-bond acceptors (Lipinski definition) is 3. The van der Waals surface area contributed by atoms with Crippen LogP contribution >= 0.6 is 23.1 Å². The molecule has 0 atom stereocenters. The van der Waals surface area contributed by atoms with Gasteiger partial charge in [0.2, 0.25) is 5.91 Å². The summed E-state index contributed by atoms with van der Waals surface area (Å²) in [4.78, 5) is 18.7. The first-order valence-corrected chi connectivity index (χ1v) is 10.4. The minimum Gasteiger partial charge on any atom is -0.312 e. The Morgan fingerprint density at radius 1 is 1.27 bits per heavy atom. The van der Waals surface area contributed by atoms with E-state index in [9.17, 15) is 4.79 Å². The number of allylic oxidation sites excluding steroid dienone is 1. The van der Waals surface area contributed by atoms with E-state index in [-0.39, 0.29) is 5.91 Å². The molecule has 0 aliphatic heterocycles. The minimum absolute atomic E-state index is 0.0767.